The summed E-state index contributed by atoms with van der Waals surface area (Å²) < 4.78 is 0. The van der Waals surface area contributed by atoms with Gasteiger partial charge in [-0.15, -0.1) is 0 Å². The van der Waals surface area contributed by atoms with E-state index in [1.165, 1.54) is 5.69 Å². The number of aromatic hydroxyl groups is 1. The Morgan fingerprint density at radius 2 is 1.93 bits per heavy atom. The van der Waals surface area contributed by atoms with Crippen LogP contribution in [0.4, 0.5) is 11.4 Å². The third-order valence-electron chi connectivity index (χ3n) is 5.41. The normalized spacial score (nSPS) is 11.4. The number of nitrogens with zero attached hydrogens (tertiary/aromatic N) is 3. The van der Waals surface area contributed by atoms with E-state index >= 15 is 0 Å². The number of hydrogen-bond acceptors (Lipinski definition) is 4. The first-order valence-corrected chi connectivity index (χ1v) is 10.1. The highest BCUT2D eigenvalue weighted by atomic mass is 16.3. The fourth-order valence-electron chi connectivity index (χ4n) is 3.80. The topological polar surface area (TPSA) is 64.5 Å². The van der Waals surface area contributed by atoms with Crippen molar-refractivity contribution in [3.05, 3.63) is 83.2 Å². The Kier molecular flexibility index (Phi) is 5.53. The molecule has 4 rings (SSSR count). The number of aryl methyl sites for hydroxylation is 2. The van der Waals surface area contributed by atoms with Crippen molar-refractivity contribution in [1.82, 2.24) is 9.97 Å². The zero-order valence-corrected chi connectivity index (χ0v) is 17.6. The molecule has 0 atom stereocenters. The molecule has 0 spiro atoms. The van der Waals surface area contributed by atoms with E-state index in [2.05, 4.69) is 52.0 Å². The SMILES string of the molecule is Cc1cc(N=Cc2c(O)[nH]c3cccc(C)c23)ccc1N(C)CCc1ccccn1. The molecule has 0 amide bonds. The fourth-order valence-corrected chi connectivity index (χ4v) is 3.80. The van der Waals surface area contributed by atoms with Crippen molar-refractivity contribution in [1.29, 1.82) is 0 Å². The second kappa shape index (κ2) is 8.41. The maximum Gasteiger partial charge on any atom is 0.198 e. The highest BCUT2D eigenvalue weighted by Crippen LogP contribution is 2.29. The summed E-state index contributed by atoms with van der Waals surface area (Å²) in [6, 6.07) is 18.2. The van der Waals surface area contributed by atoms with Crippen LogP contribution in [0.2, 0.25) is 0 Å². The van der Waals surface area contributed by atoms with E-state index in [-0.39, 0.29) is 5.88 Å². The molecule has 0 aliphatic carbocycles. The number of aromatic nitrogens is 2. The molecule has 2 N–H and O–H groups in total. The third-order valence-corrected chi connectivity index (χ3v) is 5.41. The number of anilines is 1. The molecular formula is C25H26N4O. The van der Waals surface area contributed by atoms with Crippen molar-refractivity contribution in [3.63, 3.8) is 0 Å². The van der Waals surface area contributed by atoms with Crippen LogP contribution in [0, 0.1) is 13.8 Å². The number of aromatic amines is 1. The van der Waals surface area contributed by atoms with Gasteiger partial charge in [0.05, 0.1) is 11.3 Å². The lowest BCUT2D eigenvalue weighted by Crippen LogP contribution is -2.21. The molecule has 0 saturated carbocycles. The van der Waals surface area contributed by atoms with Gasteiger partial charge in [0.1, 0.15) is 0 Å². The Morgan fingerprint density at radius 1 is 1.07 bits per heavy atom. The second-order valence-corrected chi connectivity index (χ2v) is 7.61. The molecular weight excluding hydrogens is 372 g/mol. The molecule has 0 unspecified atom stereocenters. The zero-order valence-electron chi connectivity index (χ0n) is 17.6. The summed E-state index contributed by atoms with van der Waals surface area (Å²) in [6.45, 7) is 5.02. The number of aliphatic imine (C=N–C) groups is 1. The summed E-state index contributed by atoms with van der Waals surface area (Å²) >= 11 is 0. The monoisotopic (exact) mass is 398 g/mol. The maximum absolute atomic E-state index is 10.3. The molecule has 0 radical (unpaired) electrons. The molecule has 0 aliphatic heterocycles. The highest BCUT2D eigenvalue weighted by molar-refractivity contribution is 6.04. The van der Waals surface area contributed by atoms with E-state index in [9.17, 15) is 5.11 Å². The number of fused-ring (bicyclic) bond motifs is 1. The number of hydrogen-bond donors (Lipinski definition) is 2. The molecule has 0 aliphatic rings. The molecule has 2 aromatic heterocycles. The average Bonchev–Trinajstić information content (AvgIpc) is 3.07. The van der Waals surface area contributed by atoms with Gasteiger partial charge in [-0.2, -0.15) is 0 Å². The van der Waals surface area contributed by atoms with Crippen LogP contribution in [0.25, 0.3) is 10.9 Å². The summed E-state index contributed by atoms with van der Waals surface area (Å²) in [5, 5.41) is 11.3. The van der Waals surface area contributed by atoms with Gasteiger partial charge in [-0.25, -0.2) is 0 Å². The van der Waals surface area contributed by atoms with E-state index in [0.717, 1.165) is 51.9 Å². The molecule has 5 heteroatoms. The van der Waals surface area contributed by atoms with Gasteiger partial charge in [-0.3, -0.25) is 9.98 Å². The first-order chi connectivity index (χ1) is 14.5. The van der Waals surface area contributed by atoms with Gasteiger partial charge in [-0.05, 0) is 61.4 Å². The third kappa shape index (κ3) is 4.06. The second-order valence-electron chi connectivity index (χ2n) is 7.61. The van der Waals surface area contributed by atoms with E-state index in [1.54, 1.807) is 6.21 Å². The fraction of sp³-hybridized carbons (Fsp3) is 0.200. The summed E-state index contributed by atoms with van der Waals surface area (Å²) in [5.74, 6) is 0.144. The van der Waals surface area contributed by atoms with Crippen molar-refractivity contribution >= 4 is 28.5 Å². The molecule has 0 saturated heterocycles. The number of likely N-dealkylation sites (N-methyl/N-ethyl adjacent to an activating group) is 1. The van der Waals surface area contributed by atoms with Gasteiger partial charge < -0.3 is 15.0 Å². The van der Waals surface area contributed by atoms with Crippen molar-refractivity contribution in [2.75, 3.05) is 18.5 Å². The molecule has 152 valence electrons. The molecule has 2 heterocycles. The summed E-state index contributed by atoms with van der Waals surface area (Å²) in [5.41, 5.74) is 7.02. The molecule has 4 aromatic rings. The van der Waals surface area contributed by atoms with E-state index in [0.29, 0.717) is 0 Å². The highest BCUT2D eigenvalue weighted by Gasteiger charge is 2.11. The van der Waals surface area contributed by atoms with Gasteiger partial charge >= 0.3 is 0 Å². The minimum Gasteiger partial charge on any atom is -0.494 e. The predicted octanol–water partition coefficient (Wildman–Crippen LogP) is 5.31. The van der Waals surface area contributed by atoms with Crippen LogP contribution >= 0.6 is 0 Å². The van der Waals surface area contributed by atoms with Crippen molar-refractivity contribution < 1.29 is 5.11 Å². The molecule has 0 bridgehead atoms. The van der Waals surface area contributed by atoms with Crippen LogP contribution in [-0.4, -0.2) is 34.9 Å². The lowest BCUT2D eigenvalue weighted by atomic mass is 10.1. The van der Waals surface area contributed by atoms with E-state index in [1.807, 2.05) is 49.5 Å². The van der Waals surface area contributed by atoms with Crippen LogP contribution in [0.3, 0.4) is 0 Å². The quantitative estimate of drug-likeness (QED) is 0.432. The number of H-pyrrole nitrogens is 1. The lowest BCUT2D eigenvalue weighted by Gasteiger charge is -2.21. The van der Waals surface area contributed by atoms with Gasteiger partial charge in [0, 0.05) is 54.7 Å². The Balaban J connectivity index is 1.52. The van der Waals surface area contributed by atoms with Crippen LogP contribution in [0.5, 0.6) is 5.88 Å². The standard InChI is InChI=1S/C25H26N4O/c1-17-7-6-9-22-24(17)21(25(30)28-22)16-27-20-10-11-23(18(2)15-20)29(3)14-12-19-8-4-5-13-26-19/h4-11,13,15-16,28,30H,12,14H2,1-3H3. The minimum absolute atomic E-state index is 0.144. The average molecular weight is 399 g/mol. The Bertz CT molecular complexity index is 1190. The van der Waals surface area contributed by atoms with Gasteiger partial charge in [0.15, 0.2) is 5.88 Å². The van der Waals surface area contributed by atoms with Crippen LogP contribution in [0.1, 0.15) is 22.4 Å². The first kappa shape index (κ1) is 19.7. The van der Waals surface area contributed by atoms with Gasteiger partial charge in [-0.1, -0.05) is 18.2 Å². The zero-order chi connectivity index (χ0) is 21.1. The van der Waals surface area contributed by atoms with Crippen molar-refractivity contribution in [3.8, 4) is 5.88 Å². The Labute approximate surface area is 176 Å². The van der Waals surface area contributed by atoms with Crippen molar-refractivity contribution in [2.45, 2.75) is 20.3 Å². The van der Waals surface area contributed by atoms with E-state index in [4.69, 9.17) is 0 Å². The molecule has 0 fully saturated rings. The number of pyridine rings is 1. The summed E-state index contributed by atoms with van der Waals surface area (Å²) in [6.07, 6.45) is 4.47. The van der Waals surface area contributed by atoms with Crippen LogP contribution in [0.15, 0.2) is 65.8 Å². The predicted molar refractivity (Wildman–Crippen MR) is 124 cm³/mol. The maximum atomic E-state index is 10.3. The smallest absolute Gasteiger partial charge is 0.198 e. The number of benzene rings is 2. The number of rotatable bonds is 6. The molecule has 2 aromatic carbocycles. The van der Waals surface area contributed by atoms with Crippen LogP contribution in [-0.2, 0) is 6.42 Å². The summed E-state index contributed by atoms with van der Waals surface area (Å²) in [7, 11) is 2.10. The Morgan fingerprint density at radius 3 is 2.70 bits per heavy atom. The van der Waals surface area contributed by atoms with Gasteiger partial charge in [0.2, 0.25) is 0 Å². The van der Waals surface area contributed by atoms with E-state index < -0.39 is 0 Å². The largest absolute Gasteiger partial charge is 0.494 e. The van der Waals surface area contributed by atoms with Crippen molar-refractivity contribution in [2.24, 2.45) is 4.99 Å². The van der Waals surface area contributed by atoms with Crippen LogP contribution < -0.4 is 4.90 Å². The minimum atomic E-state index is 0.144. The van der Waals surface area contributed by atoms with Gasteiger partial charge in [0.25, 0.3) is 0 Å². The molecule has 5 nitrogen and oxygen atoms in total. The lowest BCUT2D eigenvalue weighted by molar-refractivity contribution is 0.457. The Hall–Kier alpha value is -3.60. The summed E-state index contributed by atoms with van der Waals surface area (Å²) in [4.78, 5) is 14.3. The molecule has 30 heavy (non-hydrogen) atoms. The number of nitrogens with one attached hydrogen (secondary N) is 1. The first-order valence-electron chi connectivity index (χ1n) is 10.1.